The Morgan fingerprint density at radius 1 is 1.52 bits per heavy atom. The van der Waals surface area contributed by atoms with Crippen LogP contribution in [-0.4, -0.2) is 39.7 Å². The molecule has 8 heteroatoms. The second-order valence-electron chi connectivity index (χ2n) is 4.36. The summed E-state index contributed by atoms with van der Waals surface area (Å²) in [5, 5.41) is 22.7. The molecule has 1 aromatic carbocycles. The summed E-state index contributed by atoms with van der Waals surface area (Å²) in [5.74, 6) is 0.591. The van der Waals surface area contributed by atoms with Crippen molar-refractivity contribution < 1.29 is 9.94 Å². The molecule has 4 N–H and O–H groups in total. The summed E-state index contributed by atoms with van der Waals surface area (Å²) in [4.78, 5) is 0. The van der Waals surface area contributed by atoms with Gasteiger partial charge in [-0.05, 0) is 17.7 Å². The number of amidine groups is 1. The quantitative estimate of drug-likeness (QED) is 0.220. The van der Waals surface area contributed by atoms with Gasteiger partial charge in [0.1, 0.15) is 5.75 Å². The fraction of sp³-hybridized carbons (Fsp3) is 0.308. The second-order valence-corrected chi connectivity index (χ2v) is 4.36. The lowest BCUT2D eigenvalue weighted by Gasteiger charge is -2.10. The van der Waals surface area contributed by atoms with Gasteiger partial charge in [0.2, 0.25) is 0 Å². The summed E-state index contributed by atoms with van der Waals surface area (Å²) in [7, 11) is 1.54. The minimum absolute atomic E-state index is 0.0244. The molecule has 0 aliphatic carbocycles. The number of hydrogen-bond donors (Lipinski definition) is 3. The van der Waals surface area contributed by atoms with Crippen molar-refractivity contribution >= 4 is 5.84 Å². The second kappa shape index (κ2) is 7.25. The van der Waals surface area contributed by atoms with Gasteiger partial charge in [-0.1, -0.05) is 16.4 Å². The molecular formula is C13H18N6O2. The Kier molecular flexibility index (Phi) is 5.10. The number of benzene rings is 1. The van der Waals surface area contributed by atoms with Crippen LogP contribution in [0.1, 0.15) is 11.1 Å². The van der Waals surface area contributed by atoms with E-state index in [0.717, 1.165) is 18.7 Å². The monoisotopic (exact) mass is 290 g/mol. The molecular weight excluding hydrogens is 272 g/mol. The summed E-state index contributed by atoms with van der Waals surface area (Å²) >= 11 is 0. The number of hydrogen-bond acceptors (Lipinski definition) is 6. The highest BCUT2D eigenvalue weighted by molar-refractivity contribution is 5.99. The van der Waals surface area contributed by atoms with Crippen LogP contribution in [-0.2, 0) is 13.1 Å². The topological polar surface area (TPSA) is 111 Å². The van der Waals surface area contributed by atoms with Crippen molar-refractivity contribution in [2.75, 3.05) is 13.7 Å². The molecule has 0 bridgehead atoms. The molecule has 0 radical (unpaired) electrons. The number of nitrogens with two attached hydrogens (primary N) is 1. The number of methoxy groups -OCH3 is 1. The number of ether oxygens (including phenoxy) is 1. The van der Waals surface area contributed by atoms with E-state index in [-0.39, 0.29) is 5.84 Å². The molecule has 2 aromatic rings. The number of nitrogens with zero attached hydrogens (tertiary/aromatic N) is 4. The van der Waals surface area contributed by atoms with Crippen LogP contribution in [0.25, 0.3) is 0 Å². The van der Waals surface area contributed by atoms with Crippen LogP contribution in [0.2, 0.25) is 0 Å². The molecule has 2 rings (SSSR count). The molecule has 0 atom stereocenters. The molecule has 0 saturated heterocycles. The van der Waals surface area contributed by atoms with E-state index in [0.29, 0.717) is 17.9 Å². The van der Waals surface area contributed by atoms with Crippen molar-refractivity contribution in [2.24, 2.45) is 10.9 Å². The molecule has 1 heterocycles. The first-order valence-corrected chi connectivity index (χ1v) is 6.44. The molecule has 0 aliphatic rings. The van der Waals surface area contributed by atoms with Crippen LogP contribution in [0.15, 0.2) is 35.7 Å². The van der Waals surface area contributed by atoms with E-state index in [9.17, 15) is 0 Å². The third-order valence-electron chi connectivity index (χ3n) is 2.97. The predicted octanol–water partition coefficient (Wildman–Crippen LogP) is 0.171. The predicted molar refractivity (Wildman–Crippen MR) is 77.2 cm³/mol. The van der Waals surface area contributed by atoms with Crippen molar-refractivity contribution in [2.45, 2.75) is 13.1 Å². The lowest BCUT2D eigenvalue weighted by molar-refractivity contribution is 0.318. The fourth-order valence-electron chi connectivity index (χ4n) is 1.90. The molecule has 112 valence electrons. The summed E-state index contributed by atoms with van der Waals surface area (Å²) in [6.45, 7) is 2.15. The first kappa shape index (κ1) is 14.8. The third kappa shape index (κ3) is 3.93. The lowest BCUT2D eigenvalue weighted by Crippen LogP contribution is -2.20. The van der Waals surface area contributed by atoms with Gasteiger partial charge in [0.05, 0.1) is 25.4 Å². The molecule has 0 spiro atoms. The smallest absolute Gasteiger partial charge is 0.173 e. The zero-order valence-corrected chi connectivity index (χ0v) is 11.7. The van der Waals surface area contributed by atoms with Gasteiger partial charge in [-0.2, -0.15) is 0 Å². The van der Waals surface area contributed by atoms with Crippen LogP contribution in [0.3, 0.4) is 0 Å². The van der Waals surface area contributed by atoms with Crippen molar-refractivity contribution in [3.05, 3.63) is 41.7 Å². The zero-order chi connectivity index (χ0) is 15.1. The van der Waals surface area contributed by atoms with Crippen molar-refractivity contribution in [3.8, 4) is 5.75 Å². The lowest BCUT2D eigenvalue weighted by atomic mass is 10.1. The molecule has 0 saturated carbocycles. The molecule has 0 unspecified atom stereocenters. The summed E-state index contributed by atoms with van der Waals surface area (Å²) in [5.41, 5.74) is 7.22. The summed E-state index contributed by atoms with van der Waals surface area (Å²) < 4.78 is 6.94. The fourth-order valence-corrected chi connectivity index (χ4v) is 1.90. The maximum Gasteiger partial charge on any atom is 0.173 e. The number of oxime groups is 1. The van der Waals surface area contributed by atoms with E-state index in [1.807, 2.05) is 18.3 Å². The average Bonchev–Trinajstić information content (AvgIpc) is 3.04. The van der Waals surface area contributed by atoms with Gasteiger partial charge >= 0.3 is 0 Å². The molecule has 1 aromatic heterocycles. The normalized spacial score (nSPS) is 11.6. The summed E-state index contributed by atoms with van der Waals surface area (Å²) in [6, 6.07) is 5.55. The van der Waals surface area contributed by atoms with Crippen molar-refractivity contribution in [1.29, 1.82) is 0 Å². The van der Waals surface area contributed by atoms with E-state index in [1.165, 1.54) is 0 Å². The largest absolute Gasteiger partial charge is 0.496 e. The van der Waals surface area contributed by atoms with Gasteiger partial charge in [-0.25, -0.2) is 0 Å². The van der Waals surface area contributed by atoms with Crippen molar-refractivity contribution in [3.63, 3.8) is 0 Å². The minimum atomic E-state index is 0.0244. The van der Waals surface area contributed by atoms with Gasteiger partial charge in [-0.3, -0.25) is 4.68 Å². The Labute approximate surface area is 122 Å². The zero-order valence-electron chi connectivity index (χ0n) is 11.7. The molecule has 0 amide bonds. The van der Waals surface area contributed by atoms with Crippen LogP contribution in [0.4, 0.5) is 0 Å². The van der Waals surface area contributed by atoms with E-state index < -0.39 is 0 Å². The minimum Gasteiger partial charge on any atom is -0.496 e. The number of nitrogens with one attached hydrogen (secondary N) is 1. The third-order valence-corrected chi connectivity index (χ3v) is 2.97. The van der Waals surface area contributed by atoms with E-state index in [2.05, 4.69) is 20.8 Å². The Balaban J connectivity index is 1.94. The standard InChI is InChI=1S/C13H18N6O2/c1-21-12-3-2-10(8-11(12)13(14)17-20)9-15-4-6-19-7-5-16-18-19/h2-3,5,7-8,15,20H,4,6,9H2,1H3,(H2,14,17). The maximum atomic E-state index is 8.80. The van der Waals surface area contributed by atoms with E-state index in [4.69, 9.17) is 15.7 Å². The van der Waals surface area contributed by atoms with Crippen LogP contribution < -0.4 is 15.8 Å². The van der Waals surface area contributed by atoms with Gasteiger partial charge in [-0.15, -0.1) is 5.10 Å². The highest BCUT2D eigenvalue weighted by Gasteiger charge is 2.08. The SMILES string of the molecule is COc1ccc(CNCCn2ccnn2)cc1/C(N)=N/O. The van der Waals surface area contributed by atoms with E-state index in [1.54, 1.807) is 24.1 Å². The molecule has 0 fully saturated rings. The molecule has 21 heavy (non-hydrogen) atoms. The van der Waals surface area contributed by atoms with Gasteiger partial charge in [0.25, 0.3) is 0 Å². The van der Waals surface area contributed by atoms with Crippen LogP contribution in [0, 0.1) is 0 Å². The highest BCUT2D eigenvalue weighted by atomic mass is 16.5. The van der Waals surface area contributed by atoms with Gasteiger partial charge in [0, 0.05) is 19.3 Å². The average molecular weight is 290 g/mol. The van der Waals surface area contributed by atoms with Gasteiger partial charge < -0.3 is 21.0 Å². The Bertz CT molecular complexity index is 597. The Hall–Kier alpha value is -2.61. The van der Waals surface area contributed by atoms with E-state index >= 15 is 0 Å². The summed E-state index contributed by atoms with van der Waals surface area (Å²) in [6.07, 6.45) is 3.46. The van der Waals surface area contributed by atoms with Crippen LogP contribution >= 0.6 is 0 Å². The maximum absolute atomic E-state index is 8.80. The van der Waals surface area contributed by atoms with Crippen molar-refractivity contribution in [1.82, 2.24) is 20.3 Å². The number of rotatable bonds is 7. The highest BCUT2D eigenvalue weighted by Crippen LogP contribution is 2.19. The Morgan fingerprint density at radius 2 is 2.38 bits per heavy atom. The molecule has 0 aliphatic heterocycles. The van der Waals surface area contributed by atoms with Crippen LogP contribution in [0.5, 0.6) is 5.75 Å². The Morgan fingerprint density at radius 3 is 3.05 bits per heavy atom. The van der Waals surface area contributed by atoms with Gasteiger partial charge in [0.15, 0.2) is 5.84 Å². The number of aromatic nitrogens is 3. The first-order valence-electron chi connectivity index (χ1n) is 6.44. The molecule has 8 nitrogen and oxygen atoms in total. The first-order chi connectivity index (χ1) is 10.2.